The van der Waals surface area contributed by atoms with Crippen molar-refractivity contribution in [3.63, 3.8) is 0 Å². The van der Waals surface area contributed by atoms with E-state index in [9.17, 15) is 14.3 Å². The number of nitrogens with zero attached hydrogens (tertiary/aromatic N) is 1. The molecule has 0 spiro atoms. The lowest BCUT2D eigenvalue weighted by atomic mass is 9.90. The number of carboxylic acid groups (broad SMARTS) is 1. The molecule has 1 unspecified atom stereocenters. The molecule has 1 atom stereocenters. The Balaban J connectivity index is 1.45. The molecule has 1 aromatic heterocycles. The highest BCUT2D eigenvalue weighted by atomic mass is 19.1. The van der Waals surface area contributed by atoms with Gasteiger partial charge in [0.15, 0.2) is 5.76 Å². The lowest BCUT2D eigenvalue weighted by Gasteiger charge is -2.15. The third kappa shape index (κ3) is 4.70. The van der Waals surface area contributed by atoms with Crippen LogP contribution in [0.1, 0.15) is 66.4 Å². The summed E-state index contributed by atoms with van der Waals surface area (Å²) in [5.41, 5.74) is 3.86. The molecule has 0 radical (unpaired) electrons. The van der Waals surface area contributed by atoms with Gasteiger partial charge in [-0.05, 0) is 78.8 Å². The zero-order chi connectivity index (χ0) is 22.9. The van der Waals surface area contributed by atoms with Gasteiger partial charge in [-0.3, -0.25) is 4.79 Å². The number of rotatable bonds is 9. The van der Waals surface area contributed by atoms with Crippen molar-refractivity contribution in [3.8, 4) is 17.0 Å². The molecule has 1 heterocycles. The predicted octanol–water partition coefficient (Wildman–Crippen LogP) is 6.51. The molecular formula is C27H26FNO4. The van der Waals surface area contributed by atoms with Crippen LogP contribution in [0.4, 0.5) is 4.39 Å². The van der Waals surface area contributed by atoms with Crippen LogP contribution in [-0.2, 0) is 4.79 Å². The van der Waals surface area contributed by atoms with Gasteiger partial charge in [0, 0.05) is 11.1 Å². The first-order valence-corrected chi connectivity index (χ1v) is 11.4. The Morgan fingerprint density at radius 2 is 2.03 bits per heavy atom. The van der Waals surface area contributed by atoms with E-state index in [0.29, 0.717) is 34.6 Å². The molecule has 3 aromatic rings. The Labute approximate surface area is 191 Å². The highest BCUT2D eigenvalue weighted by molar-refractivity contribution is 5.75. The van der Waals surface area contributed by atoms with Crippen molar-refractivity contribution in [2.75, 3.05) is 7.11 Å². The summed E-state index contributed by atoms with van der Waals surface area (Å²) in [6.45, 7) is 0. The van der Waals surface area contributed by atoms with Gasteiger partial charge < -0.3 is 14.4 Å². The summed E-state index contributed by atoms with van der Waals surface area (Å²) in [4.78, 5) is 11.3. The van der Waals surface area contributed by atoms with Gasteiger partial charge in [-0.25, -0.2) is 4.39 Å². The molecule has 5 nitrogen and oxygen atoms in total. The van der Waals surface area contributed by atoms with Crippen LogP contribution in [0.5, 0.6) is 5.75 Å². The Hall–Kier alpha value is -3.41. The summed E-state index contributed by atoms with van der Waals surface area (Å²) in [6, 6.07) is 12.6. The van der Waals surface area contributed by atoms with Crippen molar-refractivity contribution < 1.29 is 23.6 Å². The number of aliphatic carboxylic acids is 1. The molecule has 170 valence electrons. The second-order valence-corrected chi connectivity index (χ2v) is 8.97. The molecular weight excluding hydrogens is 421 g/mol. The van der Waals surface area contributed by atoms with Gasteiger partial charge in [-0.2, -0.15) is 0 Å². The number of hydrogen-bond acceptors (Lipinski definition) is 4. The average molecular weight is 448 g/mol. The van der Waals surface area contributed by atoms with E-state index in [2.05, 4.69) is 11.2 Å². The second kappa shape index (κ2) is 8.85. The minimum Gasteiger partial charge on any atom is -0.497 e. The molecule has 1 N–H and O–H groups in total. The largest absolute Gasteiger partial charge is 0.497 e. The van der Waals surface area contributed by atoms with Crippen molar-refractivity contribution in [1.82, 2.24) is 5.16 Å². The number of ether oxygens (including phenoxy) is 1. The highest BCUT2D eigenvalue weighted by Gasteiger charge is 2.34. The van der Waals surface area contributed by atoms with Crippen LogP contribution in [0.25, 0.3) is 23.4 Å². The fraction of sp³-hybridized carbons (Fsp3) is 0.333. The van der Waals surface area contributed by atoms with E-state index >= 15 is 0 Å². The quantitative estimate of drug-likeness (QED) is 0.405. The summed E-state index contributed by atoms with van der Waals surface area (Å²) < 4.78 is 25.5. The van der Waals surface area contributed by atoms with Crippen molar-refractivity contribution in [2.45, 2.75) is 43.9 Å². The van der Waals surface area contributed by atoms with Crippen molar-refractivity contribution in [2.24, 2.45) is 5.92 Å². The van der Waals surface area contributed by atoms with E-state index in [1.54, 1.807) is 19.2 Å². The highest BCUT2D eigenvalue weighted by Crippen LogP contribution is 2.47. The Morgan fingerprint density at radius 1 is 1.21 bits per heavy atom. The Bertz CT molecular complexity index is 1210. The Morgan fingerprint density at radius 3 is 2.73 bits per heavy atom. The minimum atomic E-state index is -0.763. The fourth-order valence-electron chi connectivity index (χ4n) is 4.51. The number of hydrogen-bond donors (Lipinski definition) is 1. The van der Waals surface area contributed by atoms with Crippen LogP contribution in [0.3, 0.4) is 0 Å². The van der Waals surface area contributed by atoms with E-state index in [1.807, 2.05) is 30.4 Å². The number of halogens is 1. The van der Waals surface area contributed by atoms with Gasteiger partial charge in [0.2, 0.25) is 0 Å². The van der Waals surface area contributed by atoms with E-state index < -0.39 is 5.97 Å². The van der Waals surface area contributed by atoms with E-state index in [4.69, 9.17) is 9.26 Å². The molecule has 0 aliphatic heterocycles. The van der Waals surface area contributed by atoms with Crippen molar-refractivity contribution in [1.29, 1.82) is 0 Å². The van der Waals surface area contributed by atoms with E-state index in [1.165, 1.54) is 6.07 Å². The normalized spacial score (nSPS) is 16.8. The van der Waals surface area contributed by atoms with Gasteiger partial charge in [0.1, 0.15) is 17.3 Å². The molecule has 5 rings (SSSR count). The molecule has 2 saturated carbocycles. The molecule has 0 amide bonds. The van der Waals surface area contributed by atoms with Crippen LogP contribution in [-0.4, -0.2) is 23.3 Å². The summed E-state index contributed by atoms with van der Waals surface area (Å²) in [7, 11) is 1.55. The molecule has 2 aliphatic carbocycles. The maximum atomic E-state index is 14.6. The molecule has 0 bridgehead atoms. The smallest absolute Gasteiger partial charge is 0.303 e. The van der Waals surface area contributed by atoms with E-state index in [0.717, 1.165) is 42.4 Å². The second-order valence-electron chi connectivity index (χ2n) is 8.97. The first-order valence-electron chi connectivity index (χ1n) is 11.4. The van der Waals surface area contributed by atoms with Crippen LogP contribution in [0.15, 0.2) is 47.0 Å². The summed E-state index contributed by atoms with van der Waals surface area (Å²) in [5, 5.41) is 13.5. The van der Waals surface area contributed by atoms with Crippen molar-refractivity contribution >= 4 is 18.1 Å². The number of benzene rings is 2. The molecule has 0 saturated heterocycles. The maximum absolute atomic E-state index is 14.6. The molecule has 2 aliphatic rings. The molecule has 2 aromatic carbocycles. The third-order valence-corrected chi connectivity index (χ3v) is 6.52. The van der Waals surface area contributed by atoms with E-state index in [-0.39, 0.29) is 18.2 Å². The first kappa shape index (κ1) is 21.4. The Kier molecular flexibility index (Phi) is 5.75. The van der Waals surface area contributed by atoms with Crippen LogP contribution in [0.2, 0.25) is 0 Å². The van der Waals surface area contributed by atoms with Gasteiger partial charge in [-0.15, -0.1) is 0 Å². The zero-order valence-corrected chi connectivity index (χ0v) is 18.5. The van der Waals surface area contributed by atoms with Crippen LogP contribution in [0, 0.1) is 11.7 Å². The standard InChI is InChI=1S/C27H26FNO4/c1-32-20-10-11-23(28)22(14-20)27-26(18-8-9-18)24(33-29-27)12-5-16-3-2-4-19(13-16)21(15-25(30)31)17-6-7-17/h2-5,10-14,17-18,21H,6-9,15H2,1H3,(H,30,31)/b12-5+. The lowest BCUT2D eigenvalue weighted by molar-refractivity contribution is -0.137. The van der Waals surface area contributed by atoms with Gasteiger partial charge >= 0.3 is 5.97 Å². The molecule has 33 heavy (non-hydrogen) atoms. The predicted molar refractivity (Wildman–Crippen MR) is 124 cm³/mol. The van der Waals surface area contributed by atoms with Gasteiger partial charge in [0.25, 0.3) is 0 Å². The monoisotopic (exact) mass is 447 g/mol. The van der Waals surface area contributed by atoms with Crippen molar-refractivity contribution in [3.05, 3.63) is 70.7 Å². The van der Waals surface area contributed by atoms with Crippen LogP contribution < -0.4 is 4.74 Å². The topological polar surface area (TPSA) is 72.6 Å². The maximum Gasteiger partial charge on any atom is 0.303 e. The zero-order valence-electron chi connectivity index (χ0n) is 18.5. The molecule has 2 fully saturated rings. The fourth-order valence-corrected chi connectivity index (χ4v) is 4.51. The summed E-state index contributed by atoms with van der Waals surface area (Å²) in [5.74, 6) is 0.875. The first-order chi connectivity index (χ1) is 16.0. The number of methoxy groups -OCH3 is 1. The summed E-state index contributed by atoms with van der Waals surface area (Å²) >= 11 is 0. The SMILES string of the molecule is COc1ccc(F)c(-c2noc(/C=C/c3cccc(C(CC(=O)O)C4CC4)c3)c2C2CC2)c1. The number of carboxylic acids is 1. The average Bonchev–Trinajstić information content (AvgIpc) is 3.75. The van der Waals surface area contributed by atoms with Gasteiger partial charge in [0.05, 0.1) is 13.5 Å². The number of carbonyl (C=O) groups is 1. The van der Waals surface area contributed by atoms with Crippen LogP contribution >= 0.6 is 0 Å². The van der Waals surface area contributed by atoms with Gasteiger partial charge in [-0.1, -0.05) is 35.5 Å². The molecule has 6 heteroatoms. The third-order valence-electron chi connectivity index (χ3n) is 6.52. The minimum absolute atomic E-state index is 0.0470. The number of aromatic nitrogens is 1. The lowest BCUT2D eigenvalue weighted by Crippen LogP contribution is -2.08. The summed E-state index contributed by atoms with van der Waals surface area (Å²) in [6.07, 6.45) is 8.20.